The highest BCUT2D eigenvalue weighted by molar-refractivity contribution is 14.1. The van der Waals surface area contributed by atoms with E-state index in [1.165, 1.54) is 6.92 Å². The number of benzene rings is 1. The van der Waals surface area contributed by atoms with Gasteiger partial charge in [0, 0.05) is 3.57 Å². The lowest BCUT2D eigenvalue weighted by atomic mass is 9.83. The van der Waals surface area contributed by atoms with Crippen molar-refractivity contribution in [3.63, 3.8) is 0 Å². The molecule has 0 saturated heterocycles. The van der Waals surface area contributed by atoms with E-state index in [4.69, 9.17) is 4.74 Å². The standard InChI is InChI=1S/C17H19IN2O3/c1-12(23-16(22)13-6-5-7-14(18)10-13)15(21)20-17(11-19)8-3-2-4-9-17/h5-7,10,12H,2-4,8-9H2,1H3,(H,20,21). The summed E-state index contributed by atoms with van der Waals surface area (Å²) in [6, 6.07) is 9.20. The minimum atomic E-state index is -0.937. The van der Waals surface area contributed by atoms with Gasteiger partial charge in [-0.1, -0.05) is 25.3 Å². The van der Waals surface area contributed by atoms with Gasteiger partial charge in [0.25, 0.3) is 5.91 Å². The van der Waals surface area contributed by atoms with Gasteiger partial charge in [0.15, 0.2) is 6.10 Å². The van der Waals surface area contributed by atoms with E-state index in [1.807, 2.05) is 6.07 Å². The van der Waals surface area contributed by atoms with Crippen molar-refractivity contribution in [1.82, 2.24) is 5.32 Å². The smallest absolute Gasteiger partial charge is 0.338 e. The Morgan fingerprint density at radius 3 is 2.65 bits per heavy atom. The van der Waals surface area contributed by atoms with Gasteiger partial charge in [-0.2, -0.15) is 5.26 Å². The van der Waals surface area contributed by atoms with Crippen LogP contribution < -0.4 is 5.32 Å². The molecule has 5 nitrogen and oxygen atoms in total. The summed E-state index contributed by atoms with van der Waals surface area (Å²) in [7, 11) is 0. The third-order valence-electron chi connectivity index (χ3n) is 4.00. The molecule has 122 valence electrons. The molecule has 1 saturated carbocycles. The SMILES string of the molecule is CC(OC(=O)c1cccc(I)c1)C(=O)NC1(C#N)CCCCC1. The number of nitrogens with zero attached hydrogens (tertiary/aromatic N) is 1. The molecule has 1 unspecified atom stereocenters. The molecule has 23 heavy (non-hydrogen) atoms. The molecular formula is C17H19IN2O3. The molecule has 0 bridgehead atoms. The average Bonchev–Trinajstić information content (AvgIpc) is 2.55. The summed E-state index contributed by atoms with van der Waals surface area (Å²) < 4.78 is 6.14. The molecule has 1 atom stereocenters. The Kier molecular flexibility index (Phi) is 5.99. The van der Waals surface area contributed by atoms with Gasteiger partial charge in [0.05, 0.1) is 11.6 Å². The van der Waals surface area contributed by atoms with Crippen LogP contribution in [0.2, 0.25) is 0 Å². The van der Waals surface area contributed by atoms with E-state index in [0.717, 1.165) is 22.8 Å². The number of rotatable bonds is 4. The minimum absolute atomic E-state index is 0.407. The van der Waals surface area contributed by atoms with Gasteiger partial charge in [-0.15, -0.1) is 0 Å². The fourth-order valence-corrected chi connectivity index (χ4v) is 3.20. The number of carbonyl (C=O) groups is 2. The number of esters is 1. The van der Waals surface area contributed by atoms with E-state index in [9.17, 15) is 14.9 Å². The van der Waals surface area contributed by atoms with Crippen molar-refractivity contribution < 1.29 is 14.3 Å². The monoisotopic (exact) mass is 426 g/mol. The Hall–Kier alpha value is -1.62. The van der Waals surface area contributed by atoms with Crippen LogP contribution in [0.25, 0.3) is 0 Å². The zero-order chi connectivity index (χ0) is 16.9. The fourth-order valence-electron chi connectivity index (χ4n) is 2.66. The molecule has 1 aliphatic carbocycles. The first-order valence-corrected chi connectivity index (χ1v) is 8.73. The number of amides is 1. The minimum Gasteiger partial charge on any atom is -0.449 e. The second-order valence-corrected chi connectivity index (χ2v) is 7.05. The Morgan fingerprint density at radius 2 is 2.04 bits per heavy atom. The molecule has 6 heteroatoms. The summed E-state index contributed by atoms with van der Waals surface area (Å²) >= 11 is 2.11. The van der Waals surface area contributed by atoms with Crippen LogP contribution >= 0.6 is 22.6 Å². The van der Waals surface area contributed by atoms with E-state index >= 15 is 0 Å². The van der Waals surface area contributed by atoms with E-state index in [-0.39, 0.29) is 0 Å². The van der Waals surface area contributed by atoms with Gasteiger partial charge in [0.2, 0.25) is 0 Å². The molecule has 1 amide bonds. The van der Waals surface area contributed by atoms with Crippen molar-refractivity contribution in [2.45, 2.75) is 50.7 Å². The molecule has 0 radical (unpaired) electrons. The lowest BCUT2D eigenvalue weighted by Crippen LogP contribution is -2.52. The molecule has 1 N–H and O–H groups in total. The molecule has 0 heterocycles. The van der Waals surface area contributed by atoms with Crippen LogP contribution in [0.3, 0.4) is 0 Å². The number of nitrogens with one attached hydrogen (secondary N) is 1. The number of halogens is 1. The van der Waals surface area contributed by atoms with Crippen molar-refractivity contribution in [2.75, 3.05) is 0 Å². The molecule has 1 aromatic rings. The van der Waals surface area contributed by atoms with Crippen molar-refractivity contribution in [1.29, 1.82) is 5.26 Å². The summed E-state index contributed by atoms with van der Waals surface area (Å²) in [5, 5.41) is 12.2. The summed E-state index contributed by atoms with van der Waals surface area (Å²) in [6.45, 7) is 1.52. The van der Waals surface area contributed by atoms with Crippen molar-refractivity contribution in [3.8, 4) is 6.07 Å². The first-order valence-electron chi connectivity index (χ1n) is 7.66. The van der Waals surface area contributed by atoms with Gasteiger partial charge >= 0.3 is 5.97 Å². The Morgan fingerprint density at radius 1 is 1.35 bits per heavy atom. The van der Waals surface area contributed by atoms with E-state index < -0.39 is 23.5 Å². The number of hydrogen-bond acceptors (Lipinski definition) is 4. The summed E-state index contributed by atoms with van der Waals surface area (Å²) in [5.41, 5.74) is -0.415. The Labute approximate surface area is 149 Å². The molecule has 0 aliphatic heterocycles. The van der Waals surface area contributed by atoms with Crippen LogP contribution in [-0.4, -0.2) is 23.5 Å². The second kappa shape index (κ2) is 7.77. The van der Waals surface area contributed by atoms with Crippen LogP contribution in [0.5, 0.6) is 0 Å². The zero-order valence-corrected chi connectivity index (χ0v) is 15.1. The van der Waals surface area contributed by atoms with E-state index in [2.05, 4.69) is 34.0 Å². The highest BCUT2D eigenvalue weighted by Gasteiger charge is 2.35. The summed E-state index contributed by atoms with van der Waals surface area (Å²) in [5.74, 6) is -0.965. The lowest BCUT2D eigenvalue weighted by molar-refractivity contribution is -0.130. The van der Waals surface area contributed by atoms with Gasteiger partial charge in [-0.25, -0.2) is 4.79 Å². The van der Waals surface area contributed by atoms with E-state index in [0.29, 0.717) is 18.4 Å². The highest BCUT2D eigenvalue weighted by atomic mass is 127. The predicted octanol–water partition coefficient (Wildman–Crippen LogP) is 3.18. The zero-order valence-electron chi connectivity index (χ0n) is 13.0. The summed E-state index contributed by atoms with van der Waals surface area (Å²) in [6.07, 6.45) is 3.28. The quantitative estimate of drug-likeness (QED) is 0.593. The van der Waals surface area contributed by atoms with Crippen LogP contribution in [0.15, 0.2) is 24.3 Å². The Bertz CT molecular complexity index is 633. The first-order chi connectivity index (χ1) is 11.0. The third-order valence-corrected chi connectivity index (χ3v) is 4.67. The summed E-state index contributed by atoms with van der Waals surface area (Å²) in [4.78, 5) is 24.4. The Balaban J connectivity index is 1.97. The maximum Gasteiger partial charge on any atom is 0.338 e. The number of carbonyl (C=O) groups excluding carboxylic acids is 2. The second-order valence-electron chi connectivity index (χ2n) is 5.80. The molecule has 0 spiro atoms. The average molecular weight is 426 g/mol. The molecule has 1 aliphatic rings. The molecule has 1 aromatic carbocycles. The van der Waals surface area contributed by atoms with Crippen molar-refractivity contribution in [2.24, 2.45) is 0 Å². The molecule has 0 aromatic heterocycles. The maximum atomic E-state index is 12.3. The van der Waals surface area contributed by atoms with Crippen LogP contribution in [0.1, 0.15) is 49.4 Å². The lowest BCUT2D eigenvalue weighted by Gasteiger charge is -2.32. The third kappa shape index (κ3) is 4.67. The van der Waals surface area contributed by atoms with Crippen LogP contribution in [0, 0.1) is 14.9 Å². The normalized spacial score (nSPS) is 17.6. The van der Waals surface area contributed by atoms with E-state index in [1.54, 1.807) is 18.2 Å². The molecule has 1 fully saturated rings. The van der Waals surface area contributed by atoms with Gasteiger partial charge < -0.3 is 10.1 Å². The van der Waals surface area contributed by atoms with Gasteiger partial charge in [-0.05, 0) is 60.6 Å². The number of ether oxygens (including phenoxy) is 1. The number of nitriles is 1. The number of hydrogen-bond donors (Lipinski definition) is 1. The van der Waals surface area contributed by atoms with Crippen LogP contribution in [0.4, 0.5) is 0 Å². The predicted molar refractivity (Wildman–Crippen MR) is 93.6 cm³/mol. The molecule has 2 rings (SSSR count). The maximum absolute atomic E-state index is 12.3. The topological polar surface area (TPSA) is 79.2 Å². The van der Waals surface area contributed by atoms with Gasteiger partial charge in [0.1, 0.15) is 5.54 Å². The largest absolute Gasteiger partial charge is 0.449 e. The fraction of sp³-hybridized carbons (Fsp3) is 0.471. The van der Waals surface area contributed by atoms with Crippen molar-refractivity contribution >= 4 is 34.5 Å². The van der Waals surface area contributed by atoms with Crippen LogP contribution in [-0.2, 0) is 9.53 Å². The first kappa shape index (κ1) is 17.7. The van der Waals surface area contributed by atoms with Gasteiger partial charge in [-0.3, -0.25) is 4.79 Å². The highest BCUT2D eigenvalue weighted by Crippen LogP contribution is 2.27. The van der Waals surface area contributed by atoms with Crippen molar-refractivity contribution in [3.05, 3.63) is 33.4 Å². The molecular weight excluding hydrogens is 407 g/mol.